The van der Waals surface area contributed by atoms with E-state index in [2.05, 4.69) is 0 Å². The second-order valence-corrected chi connectivity index (χ2v) is 7.22. The Morgan fingerprint density at radius 3 is 2.48 bits per heavy atom. The molecule has 1 aromatic rings. The maximum atomic E-state index is 13.2. The molecule has 29 heavy (non-hydrogen) atoms. The number of benzene rings is 1. The summed E-state index contributed by atoms with van der Waals surface area (Å²) in [5.74, 6) is 0.328. The summed E-state index contributed by atoms with van der Waals surface area (Å²) >= 11 is 0. The van der Waals surface area contributed by atoms with Gasteiger partial charge in [-0.1, -0.05) is 12.1 Å². The molecule has 2 aliphatic heterocycles. The third-order valence-corrected chi connectivity index (χ3v) is 5.46. The van der Waals surface area contributed by atoms with E-state index in [1.165, 1.54) is 7.11 Å². The van der Waals surface area contributed by atoms with Gasteiger partial charge in [0.25, 0.3) is 5.91 Å². The van der Waals surface area contributed by atoms with Gasteiger partial charge in [-0.05, 0) is 38.3 Å². The maximum Gasteiger partial charge on any atom is 0.409 e. The van der Waals surface area contributed by atoms with Crippen molar-refractivity contribution in [2.24, 2.45) is 0 Å². The van der Waals surface area contributed by atoms with Crippen LogP contribution in [0, 0.1) is 0 Å². The van der Waals surface area contributed by atoms with E-state index in [9.17, 15) is 14.4 Å². The van der Waals surface area contributed by atoms with E-state index >= 15 is 0 Å². The van der Waals surface area contributed by atoms with Crippen LogP contribution in [0.1, 0.15) is 36.5 Å². The highest BCUT2D eigenvalue weighted by Gasteiger charge is 2.38. The summed E-state index contributed by atoms with van der Waals surface area (Å²) in [5.41, 5.74) is 0.488. The van der Waals surface area contributed by atoms with Gasteiger partial charge in [-0.15, -0.1) is 0 Å². The molecule has 1 aromatic carbocycles. The van der Waals surface area contributed by atoms with Gasteiger partial charge in [0, 0.05) is 32.7 Å². The van der Waals surface area contributed by atoms with E-state index in [1.54, 1.807) is 32.9 Å². The number of methoxy groups -OCH3 is 1. The fraction of sp³-hybridized carbons (Fsp3) is 0.571. The lowest BCUT2D eigenvalue weighted by atomic mass is 10.1. The number of carbonyl (C=O) groups is 3. The molecule has 2 aliphatic rings. The van der Waals surface area contributed by atoms with Crippen LogP contribution in [0.5, 0.6) is 5.75 Å². The van der Waals surface area contributed by atoms with Gasteiger partial charge in [0.15, 0.2) is 0 Å². The minimum Gasteiger partial charge on any atom is -0.493 e. The Balaban J connectivity index is 1.71. The molecule has 1 unspecified atom stereocenters. The standard InChI is InChI=1S/C21H29N3O5/c1-3-29-18-10-5-4-8-16(18)19(25)24-13-6-9-17(24)20(26)22-11-7-12-23(15-14-22)21(27)28-2/h4-5,8,10,17H,3,6-7,9,11-15H2,1-2H3. The quantitative estimate of drug-likeness (QED) is 0.768. The molecule has 3 rings (SSSR count). The van der Waals surface area contributed by atoms with Gasteiger partial charge in [0.2, 0.25) is 5.91 Å². The number of ether oxygens (including phenoxy) is 2. The van der Waals surface area contributed by atoms with Gasteiger partial charge in [-0.25, -0.2) is 4.79 Å². The average Bonchev–Trinajstić information content (AvgIpc) is 3.10. The number of hydrogen-bond acceptors (Lipinski definition) is 5. The number of nitrogens with zero attached hydrogens (tertiary/aromatic N) is 3. The summed E-state index contributed by atoms with van der Waals surface area (Å²) in [6.45, 7) is 4.91. The highest BCUT2D eigenvalue weighted by Crippen LogP contribution is 2.26. The molecule has 0 N–H and O–H groups in total. The van der Waals surface area contributed by atoms with Crippen molar-refractivity contribution in [3.05, 3.63) is 29.8 Å². The first-order valence-electron chi connectivity index (χ1n) is 10.2. The predicted molar refractivity (Wildman–Crippen MR) is 107 cm³/mol. The van der Waals surface area contributed by atoms with Gasteiger partial charge < -0.3 is 24.2 Å². The van der Waals surface area contributed by atoms with Crippen molar-refractivity contribution in [2.45, 2.75) is 32.2 Å². The monoisotopic (exact) mass is 403 g/mol. The number of amides is 3. The van der Waals surface area contributed by atoms with Crippen molar-refractivity contribution < 1.29 is 23.9 Å². The van der Waals surface area contributed by atoms with Gasteiger partial charge >= 0.3 is 6.09 Å². The van der Waals surface area contributed by atoms with Crippen LogP contribution in [-0.2, 0) is 9.53 Å². The van der Waals surface area contributed by atoms with E-state index in [0.717, 1.165) is 6.42 Å². The van der Waals surface area contributed by atoms with Crippen LogP contribution < -0.4 is 4.74 Å². The molecular weight excluding hydrogens is 374 g/mol. The first kappa shape index (κ1) is 21.0. The Labute approximate surface area is 171 Å². The topological polar surface area (TPSA) is 79.4 Å². The summed E-state index contributed by atoms with van der Waals surface area (Å²) in [6, 6.07) is 6.69. The number of carbonyl (C=O) groups excluding carboxylic acids is 3. The van der Waals surface area contributed by atoms with Gasteiger partial charge in [-0.3, -0.25) is 9.59 Å². The zero-order valence-corrected chi connectivity index (χ0v) is 17.1. The van der Waals surface area contributed by atoms with Crippen LogP contribution in [0.15, 0.2) is 24.3 Å². The summed E-state index contributed by atoms with van der Waals surface area (Å²) in [5, 5.41) is 0. The van der Waals surface area contributed by atoms with Crippen molar-refractivity contribution in [3.8, 4) is 5.75 Å². The summed E-state index contributed by atoms with van der Waals surface area (Å²) < 4.78 is 10.4. The minimum absolute atomic E-state index is 0.0449. The summed E-state index contributed by atoms with van der Waals surface area (Å²) in [6.07, 6.45) is 1.76. The fourth-order valence-electron chi connectivity index (χ4n) is 4.01. The maximum absolute atomic E-state index is 13.2. The average molecular weight is 403 g/mol. The van der Waals surface area contributed by atoms with E-state index in [-0.39, 0.29) is 17.9 Å². The first-order chi connectivity index (χ1) is 14.1. The predicted octanol–water partition coefficient (Wildman–Crippen LogP) is 1.99. The van der Waals surface area contributed by atoms with E-state index in [0.29, 0.717) is 63.5 Å². The van der Waals surface area contributed by atoms with Crippen LogP contribution in [0.4, 0.5) is 4.79 Å². The van der Waals surface area contributed by atoms with Gasteiger partial charge in [0.05, 0.1) is 19.3 Å². The smallest absolute Gasteiger partial charge is 0.409 e. The second kappa shape index (κ2) is 9.62. The minimum atomic E-state index is -0.471. The largest absolute Gasteiger partial charge is 0.493 e. The number of hydrogen-bond donors (Lipinski definition) is 0. The lowest BCUT2D eigenvalue weighted by Gasteiger charge is -2.30. The molecule has 0 bridgehead atoms. The van der Waals surface area contributed by atoms with Crippen LogP contribution in [-0.4, -0.2) is 85.1 Å². The summed E-state index contributed by atoms with van der Waals surface area (Å²) in [7, 11) is 1.36. The molecule has 0 saturated carbocycles. The molecule has 0 radical (unpaired) electrons. The van der Waals surface area contributed by atoms with Crippen LogP contribution in [0.3, 0.4) is 0 Å². The molecule has 2 fully saturated rings. The normalized spacial score (nSPS) is 19.7. The Morgan fingerprint density at radius 1 is 1.00 bits per heavy atom. The number of rotatable bonds is 4. The Morgan fingerprint density at radius 2 is 1.72 bits per heavy atom. The second-order valence-electron chi connectivity index (χ2n) is 7.22. The van der Waals surface area contributed by atoms with E-state index < -0.39 is 6.04 Å². The number of para-hydroxylation sites is 1. The first-order valence-corrected chi connectivity index (χ1v) is 10.2. The Bertz CT molecular complexity index is 754. The van der Waals surface area contributed by atoms with Gasteiger partial charge in [-0.2, -0.15) is 0 Å². The molecule has 8 heteroatoms. The van der Waals surface area contributed by atoms with Crippen LogP contribution in [0.25, 0.3) is 0 Å². The van der Waals surface area contributed by atoms with Crippen LogP contribution in [0.2, 0.25) is 0 Å². The van der Waals surface area contributed by atoms with Crippen molar-refractivity contribution >= 4 is 17.9 Å². The summed E-state index contributed by atoms with van der Waals surface area (Å²) in [4.78, 5) is 43.2. The SMILES string of the molecule is CCOc1ccccc1C(=O)N1CCCC1C(=O)N1CCCN(C(=O)OC)CC1. The van der Waals surface area contributed by atoms with Crippen molar-refractivity contribution in [3.63, 3.8) is 0 Å². The molecule has 0 aromatic heterocycles. The van der Waals surface area contributed by atoms with E-state index in [1.807, 2.05) is 13.0 Å². The lowest BCUT2D eigenvalue weighted by Crippen LogP contribution is -2.49. The molecule has 0 aliphatic carbocycles. The number of likely N-dealkylation sites (tertiary alicyclic amines) is 1. The third-order valence-electron chi connectivity index (χ3n) is 5.46. The van der Waals surface area contributed by atoms with Crippen molar-refractivity contribution in [1.29, 1.82) is 0 Å². The molecule has 2 saturated heterocycles. The third kappa shape index (κ3) is 4.63. The van der Waals surface area contributed by atoms with Crippen molar-refractivity contribution in [2.75, 3.05) is 46.4 Å². The molecule has 158 valence electrons. The zero-order chi connectivity index (χ0) is 20.8. The molecule has 3 amide bonds. The Kier molecular flexibility index (Phi) is 6.95. The highest BCUT2D eigenvalue weighted by molar-refractivity contribution is 6.00. The van der Waals surface area contributed by atoms with Crippen LogP contribution >= 0.6 is 0 Å². The fourth-order valence-corrected chi connectivity index (χ4v) is 4.01. The molecule has 8 nitrogen and oxygen atoms in total. The zero-order valence-electron chi connectivity index (χ0n) is 17.1. The van der Waals surface area contributed by atoms with E-state index in [4.69, 9.17) is 9.47 Å². The Hall–Kier alpha value is -2.77. The molecule has 1 atom stereocenters. The lowest BCUT2D eigenvalue weighted by molar-refractivity contribution is -0.135. The van der Waals surface area contributed by atoms with Gasteiger partial charge in [0.1, 0.15) is 11.8 Å². The molecule has 0 spiro atoms. The highest BCUT2D eigenvalue weighted by atomic mass is 16.5. The van der Waals surface area contributed by atoms with Crippen molar-refractivity contribution in [1.82, 2.24) is 14.7 Å². The molecular formula is C21H29N3O5. The molecule has 2 heterocycles.